The Morgan fingerprint density at radius 3 is 2.29 bits per heavy atom. The fourth-order valence-electron chi connectivity index (χ4n) is 6.34. The number of hydrogen-bond acceptors (Lipinski definition) is 5. The first-order valence-corrected chi connectivity index (χ1v) is 13.9. The molecule has 1 saturated carbocycles. The molecule has 0 unspecified atom stereocenters. The molecule has 38 heavy (non-hydrogen) atoms. The number of nitrogens with zero attached hydrogens (tertiary/aromatic N) is 3. The van der Waals surface area contributed by atoms with Crippen molar-refractivity contribution in [3.05, 3.63) is 65.7 Å². The third-order valence-corrected chi connectivity index (χ3v) is 8.46. The predicted octanol–water partition coefficient (Wildman–Crippen LogP) is 3.12. The van der Waals surface area contributed by atoms with Crippen LogP contribution in [0.1, 0.15) is 66.8 Å². The van der Waals surface area contributed by atoms with E-state index in [-0.39, 0.29) is 37.4 Å². The normalized spacial score (nSPS) is 19.7. The summed E-state index contributed by atoms with van der Waals surface area (Å²) in [5, 5.41) is 11.6. The van der Waals surface area contributed by atoms with Crippen LogP contribution in [0.5, 0.6) is 0 Å². The average Bonchev–Trinajstić information content (AvgIpc) is 3.23. The molecule has 2 heterocycles. The molecule has 2 aliphatic heterocycles. The number of amides is 3. The molecule has 2 saturated heterocycles. The fraction of sp³-hybridized carbons (Fsp3) is 0.500. The van der Waals surface area contributed by atoms with Gasteiger partial charge in [-0.2, -0.15) is 0 Å². The zero-order valence-electron chi connectivity index (χ0n) is 22.0. The van der Waals surface area contributed by atoms with Crippen LogP contribution in [0, 0.1) is 0 Å². The van der Waals surface area contributed by atoms with Gasteiger partial charge in [-0.05, 0) is 61.4 Å². The van der Waals surface area contributed by atoms with Crippen LogP contribution in [0.15, 0.2) is 54.6 Å². The Morgan fingerprint density at radius 2 is 1.63 bits per heavy atom. The highest BCUT2D eigenvalue weighted by molar-refractivity contribution is 5.97. The lowest BCUT2D eigenvalue weighted by Crippen LogP contribution is -2.57. The first-order chi connectivity index (χ1) is 18.5. The van der Waals surface area contributed by atoms with Crippen LogP contribution >= 0.6 is 0 Å². The molecule has 202 valence electrons. The van der Waals surface area contributed by atoms with Crippen LogP contribution in [-0.4, -0.2) is 77.6 Å². The second kappa shape index (κ2) is 11.6. The van der Waals surface area contributed by atoms with Crippen LogP contribution in [-0.2, 0) is 9.59 Å². The molecule has 5 rings (SSSR count). The number of piperidine rings is 1. The zero-order chi connectivity index (χ0) is 26.5. The van der Waals surface area contributed by atoms with E-state index in [4.69, 9.17) is 5.11 Å². The van der Waals surface area contributed by atoms with Crippen LogP contribution in [0.2, 0.25) is 0 Å². The Labute approximate surface area is 224 Å². The summed E-state index contributed by atoms with van der Waals surface area (Å²) in [6.45, 7) is 1.22. The van der Waals surface area contributed by atoms with Gasteiger partial charge in [0.25, 0.3) is 11.8 Å². The maximum absolute atomic E-state index is 13.8. The molecule has 2 aromatic carbocycles. The molecule has 2 N–H and O–H groups in total. The molecule has 1 spiro atoms. The number of carbonyl (C=O) groups is 3. The summed E-state index contributed by atoms with van der Waals surface area (Å²) in [4.78, 5) is 45.0. The summed E-state index contributed by atoms with van der Waals surface area (Å²) in [5.41, 5.74) is 2.16. The van der Waals surface area contributed by atoms with E-state index in [2.05, 4.69) is 22.3 Å². The smallest absolute Gasteiger partial charge is 0.253 e. The number of aliphatic hydroxyl groups excluding tert-OH is 1. The van der Waals surface area contributed by atoms with Crippen LogP contribution in [0.3, 0.4) is 0 Å². The Bertz CT molecular complexity index is 1120. The largest absolute Gasteiger partial charge is 0.395 e. The highest BCUT2D eigenvalue weighted by atomic mass is 16.3. The van der Waals surface area contributed by atoms with Crippen LogP contribution < -0.4 is 10.2 Å². The van der Waals surface area contributed by atoms with E-state index in [0.717, 1.165) is 5.69 Å². The topological polar surface area (TPSA) is 93.2 Å². The van der Waals surface area contributed by atoms with Gasteiger partial charge in [0.15, 0.2) is 0 Å². The standard InChI is InChI=1S/C30H38N4O4/c35-20-17-31-27(36)21-33-22-34(26-9-5-2-6-10-26)30(29(33)38)15-18-32(19-16-30)28(37)25-13-11-24(12-14-25)23-7-3-1-4-8-23/h2,5-6,9-14,23,35H,1,3-4,7-8,15-22H2,(H,31,36). The number of rotatable bonds is 7. The van der Waals surface area contributed by atoms with E-state index >= 15 is 0 Å². The van der Waals surface area contributed by atoms with Crippen molar-refractivity contribution in [2.45, 2.75) is 56.4 Å². The number of hydrogen-bond donors (Lipinski definition) is 2. The minimum Gasteiger partial charge on any atom is -0.395 e. The van der Waals surface area contributed by atoms with Crippen molar-refractivity contribution >= 4 is 23.4 Å². The van der Waals surface area contributed by atoms with Gasteiger partial charge in [-0.25, -0.2) is 0 Å². The third kappa shape index (κ3) is 5.27. The number of likely N-dealkylation sites (tertiary alicyclic amines) is 1. The van der Waals surface area contributed by atoms with Crippen LogP contribution in [0.4, 0.5) is 5.69 Å². The average molecular weight is 519 g/mol. The fourth-order valence-corrected chi connectivity index (χ4v) is 6.34. The minimum absolute atomic E-state index is 0.00647. The van der Waals surface area contributed by atoms with Crippen LogP contribution in [0.25, 0.3) is 0 Å². The second-order valence-electron chi connectivity index (χ2n) is 10.8. The van der Waals surface area contributed by atoms with Gasteiger partial charge in [-0.15, -0.1) is 0 Å². The molecule has 1 aliphatic carbocycles. The minimum atomic E-state index is -0.791. The van der Waals surface area contributed by atoms with Gasteiger partial charge in [0, 0.05) is 30.9 Å². The number of para-hydroxylation sites is 1. The maximum atomic E-state index is 13.8. The molecule has 8 heteroatoms. The first-order valence-electron chi connectivity index (χ1n) is 13.9. The first kappa shape index (κ1) is 26.2. The molecular formula is C30H38N4O4. The summed E-state index contributed by atoms with van der Waals surface area (Å²) < 4.78 is 0. The molecule has 8 nitrogen and oxygen atoms in total. The van der Waals surface area contributed by atoms with Gasteiger partial charge in [0.1, 0.15) is 12.1 Å². The number of carbonyl (C=O) groups excluding carboxylic acids is 3. The highest BCUT2D eigenvalue weighted by Gasteiger charge is 2.54. The zero-order valence-corrected chi connectivity index (χ0v) is 22.0. The van der Waals surface area contributed by atoms with E-state index in [1.165, 1.54) is 37.7 Å². The van der Waals surface area contributed by atoms with Gasteiger partial charge < -0.3 is 25.1 Å². The quantitative estimate of drug-likeness (QED) is 0.588. The number of anilines is 1. The van der Waals surface area contributed by atoms with E-state index in [9.17, 15) is 14.4 Å². The van der Waals surface area contributed by atoms with Crippen molar-refractivity contribution in [1.29, 1.82) is 0 Å². The molecule has 0 atom stereocenters. The summed E-state index contributed by atoms with van der Waals surface area (Å²) in [6.07, 6.45) is 7.35. The Kier molecular flexibility index (Phi) is 7.98. The molecule has 3 aliphatic rings. The highest BCUT2D eigenvalue weighted by Crippen LogP contribution is 2.40. The SMILES string of the molecule is O=C(CN1CN(c2ccccc2)C2(CCN(C(=O)c3ccc(C4CCCCC4)cc3)CC2)C1=O)NCCO. The van der Waals surface area contributed by atoms with E-state index in [1.54, 1.807) is 4.90 Å². The third-order valence-electron chi connectivity index (χ3n) is 8.46. The molecule has 2 aromatic rings. The molecule has 0 aromatic heterocycles. The van der Waals surface area contributed by atoms with Gasteiger partial charge >= 0.3 is 0 Å². The molecule has 3 fully saturated rings. The van der Waals surface area contributed by atoms with E-state index < -0.39 is 5.54 Å². The van der Waals surface area contributed by atoms with Crippen molar-refractivity contribution in [1.82, 2.24) is 15.1 Å². The lowest BCUT2D eigenvalue weighted by atomic mass is 9.83. The summed E-state index contributed by atoms with van der Waals surface area (Å²) in [6, 6.07) is 17.9. The summed E-state index contributed by atoms with van der Waals surface area (Å²) >= 11 is 0. The van der Waals surface area contributed by atoms with Gasteiger partial charge in [0.05, 0.1) is 13.3 Å². The molecule has 3 amide bonds. The maximum Gasteiger partial charge on any atom is 0.253 e. The second-order valence-corrected chi connectivity index (χ2v) is 10.8. The van der Waals surface area contributed by atoms with Crippen molar-refractivity contribution in [2.75, 3.05) is 44.4 Å². The molecule has 0 bridgehead atoms. The number of benzene rings is 2. The van der Waals surface area contributed by atoms with Gasteiger partial charge in [-0.1, -0.05) is 49.6 Å². The van der Waals surface area contributed by atoms with E-state index in [0.29, 0.717) is 44.1 Å². The monoisotopic (exact) mass is 518 g/mol. The van der Waals surface area contributed by atoms with Crippen molar-refractivity contribution in [2.24, 2.45) is 0 Å². The lowest BCUT2D eigenvalue weighted by Gasteiger charge is -2.43. The number of aliphatic hydroxyl groups is 1. The predicted molar refractivity (Wildman–Crippen MR) is 146 cm³/mol. The molecule has 0 radical (unpaired) electrons. The van der Waals surface area contributed by atoms with Crippen molar-refractivity contribution < 1.29 is 19.5 Å². The van der Waals surface area contributed by atoms with Gasteiger partial charge in [-0.3, -0.25) is 14.4 Å². The van der Waals surface area contributed by atoms with Gasteiger partial charge in [0.2, 0.25) is 5.91 Å². The number of nitrogens with one attached hydrogen (secondary N) is 1. The lowest BCUT2D eigenvalue weighted by molar-refractivity contribution is -0.137. The van der Waals surface area contributed by atoms with Crippen molar-refractivity contribution in [3.8, 4) is 0 Å². The Morgan fingerprint density at radius 1 is 0.947 bits per heavy atom. The Balaban J connectivity index is 1.28. The Hall–Kier alpha value is -3.39. The molecular weight excluding hydrogens is 480 g/mol. The van der Waals surface area contributed by atoms with Crippen molar-refractivity contribution in [3.63, 3.8) is 0 Å². The van der Waals surface area contributed by atoms with E-state index in [1.807, 2.05) is 47.4 Å². The summed E-state index contributed by atoms with van der Waals surface area (Å²) in [5.74, 6) is 0.243. The summed E-state index contributed by atoms with van der Waals surface area (Å²) in [7, 11) is 0.